The smallest absolute Gasteiger partial charge is 0.299 e. The van der Waals surface area contributed by atoms with Gasteiger partial charge < -0.3 is 15.8 Å². The average Bonchev–Trinajstić information content (AvgIpc) is 3.05. The van der Waals surface area contributed by atoms with E-state index in [0.29, 0.717) is 0 Å². The molecular weight excluding hydrogens is 433 g/mol. The summed E-state index contributed by atoms with van der Waals surface area (Å²) in [4.78, 5) is 3.90. The van der Waals surface area contributed by atoms with Gasteiger partial charge in [0.2, 0.25) is 0 Å². The van der Waals surface area contributed by atoms with E-state index in [-0.39, 0.29) is 35.3 Å². The van der Waals surface area contributed by atoms with Crippen LogP contribution in [0.1, 0.15) is 30.6 Å². The van der Waals surface area contributed by atoms with E-state index in [1.165, 1.54) is 6.92 Å². The number of nitrogens with two attached hydrogens (primary N) is 1. The van der Waals surface area contributed by atoms with Gasteiger partial charge in [0.1, 0.15) is 30.9 Å². The van der Waals surface area contributed by atoms with Crippen molar-refractivity contribution < 1.29 is 26.7 Å². The molecule has 0 saturated heterocycles. The molecule has 6 nitrogen and oxygen atoms in total. The molecule has 2 aromatic rings. The van der Waals surface area contributed by atoms with Crippen LogP contribution in [0.5, 0.6) is 0 Å². The van der Waals surface area contributed by atoms with Gasteiger partial charge in [-0.2, -0.15) is 5.10 Å². The van der Waals surface area contributed by atoms with Crippen LogP contribution in [0.4, 0.5) is 27.6 Å². The van der Waals surface area contributed by atoms with Crippen LogP contribution in [0, 0.1) is 5.82 Å². The van der Waals surface area contributed by atoms with E-state index >= 15 is 0 Å². The Balaban J connectivity index is 2.08. The minimum Gasteiger partial charge on any atom is -0.385 e. The maximum Gasteiger partial charge on any atom is 0.299 e. The van der Waals surface area contributed by atoms with Crippen LogP contribution in [-0.2, 0) is 10.3 Å². The summed E-state index contributed by atoms with van der Waals surface area (Å²) < 4.78 is 76.8. The number of hydrogen-bond donors (Lipinski definition) is 3. The van der Waals surface area contributed by atoms with E-state index in [9.17, 15) is 22.0 Å². The Morgan fingerprint density at radius 3 is 2.70 bits per heavy atom. The number of rotatable bonds is 6. The highest BCUT2D eigenvalue weighted by Gasteiger charge is 2.56. The van der Waals surface area contributed by atoms with Crippen molar-refractivity contribution in [3.8, 4) is 0 Å². The summed E-state index contributed by atoms with van der Waals surface area (Å²) in [6.07, 6.45) is -2.09. The third-order valence-electron chi connectivity index (χ3n) is 4.90. The molecule has 2 atom stereocenters. The number of halogens is 6. The van der Waals surface area contributed by atoms with Gasteiger partial charge in [0, 0.05) is 11.3 Å². The second-order valence-electron chi connectivity index (χ2n) is 6.80. The van der Waals surface area contributed by atoms with Crippen molar-refractivity contribution in [2.24, 2.45) is 10.7 Å². The standard InChI is InChI=1S/C18H19ClF5N5O/c1-2-17(18(23,24)8-30-7-13(25)28-17)10-5-9(3-4-12(10)20)27-15(16(21)22)14-11(19)6-26-29-14/h3-6,15-16,27H,2,7-8H2,1H3,(H2,25,28)(H,26,29)/t15?,17-/m1/s1. The summed E-state index contributed by atoms with van der Waals surface area (Å²) in [6, 6.07) is 1.44. The third kappa shape index (κ3) is 3.95. The fourth-order valence-corrected chi connectivity index (χ4v) is 3.63. The lowest BCUT2D eigenvalue weighted by molar-refractivity contribution is -0.123. The van der Waals surface area contributed by atoms with E-state index in [1.807, 2.05) is 0 Å². The number of ether oxygens (including phenoxy) is 1. The van der Waals surface area contributed by atoms with Gasteiger partial charge >= 0.3 is 0 Å². The number of aliphatic imine (C=N–C) groups is 1. The van der Waals surface area contributed by atoms with Crippen molar-refractivity contribution in [2.75, 3.05) is 18.5 Å². The van der Waals surface area contributed by atoms with E-state index in [1.54, 1.807) is 0 Å². The maximum absolute atomic E-state index is 15.0. The van der Waals surface area contributed by atoms with Gasteiger partial charge in [0.25, 0.3) is 12.3 Å². The van der Waals surface area contributed by atoms with Gasteiger partial charge in [0.15, 0.2) is 5.54 Å². The van der Waals surface area contributed by atoms with Gasteiger partial charge in [-0.1, -0.05) is 18.5 Å². The Labute approximate surface area is 173 Å². The highest BCUT2D eigenvalue weighted by molar-refractivity contribution is 6.31. The molecule has 0 radical (unpaired) electrons. The van der Waals surface area contributed by atoms with Crippen LogP contribution >= 0.6 is 11.6 Å². The number of nitrogens with one attached hydrogen (secondary N) is 2. The number of H-pyrrole nitrogens is 1. The van der Waals surface area contributed by atoms with Gasteiger partial charge in [-0.3, -0.25) is 10.1 Å². The van der Waals surface area contributed by atoms with E-state index in [0.717, 1.165) is 24.4 Å². The molecule has 4 N–H and O–H groups in total. The first kappa shape index (κ1) is 22.3. The van der Waals surface area contributed by atoms with Crippen LogP contribution in [0.25, 0.3) is 0 Å². The summed E-state index contributed by atoms with van der Waals surface area (Å²) in [5, 5.41) is 8.43. The summed E-state index contributed by atoms with van der Waals surface area (Å²) >= 11 is 5.87. The molecule has 1 aromatic carbocycles. The van der Waals surface area contributed by atoms with Crippen molar-refractivity contribution in [1.29, 1.82) is 0 Å². The van der Waals surface area contributed by atoms with Crippen molar-refractivity contribution in [2.45, 2.75) is 37.3 Å². The van der Waals surface area contributed by atoms with Crippen LogP contribution < -0.4 is 11.1 Å². The van der Waals surface area contributed by atoms with Crippen LogP contribution in [0.3, 0.4) is 0 Å². The Kier molecular flexibility index (Phi) is 6.23. The second kappa shape index (κ2) is 8.38. The molecule has 0 spiro atoms. The molecule has 12 heteroatoms. The first-order valence-corrected chi connectivity index (χ1v) is 9.32. The van der Waals surface area contributed by atoms with Gasteiger partial charge in [-0.05, 0) is 24.6 Å². The lowest BCUT2D eigenvalue weighted by Crippen LogP contribution is -2.47. The molecule has 1 aromatic heterocycles. The number of alkyl halides is 4. The quantitative estimate of drug-likeness (QED) is 0.573. The Morgan fingerprint density at radius 2 is 2.10 bits per heavy atom. The maximum atomic E-state index is 15.0. The summed E-state index contributed by atoms with van der Waals surface area (Å²) in [5.41, 5.74) is 2.68. The van der Waals surface area contributed by atoms with Crippen molar-refractivity contribution in [3.05, 3.63) is 46.5 Å². The SMILES string of the molecule is CC[C@]1(c2cc(NC(c3[nH]ncc3Cl)C(F)F)ccc2F)N=C(N)COCC1(F)F. The Hall–Kier alpha value is -2.40. The molecule has 1 unspecified atom stereocenters. The van der Waals surface area contributed by atoms with Crippen molar-refractivity contribution in [1.82, 2.24) is 10.2 Å². The monoisotopic (exact) mass is 451 g/mol. The lowest BCUT2D eigenvalue weighted by Gasteiger charge is -2.36. The largest absolute Gasteiger partial charge is 0.385 e. The fraction of sp³-hybridized carbons (Fsp3) is 0.444. The number of benzene rings is 1. The molecule has 0 bridgehead atoms. The molecule has 1 aliphatic heterocycles. The zero-order chi connectivity index (χ0) is 22.1. The van der Waals surface area contributed by atoms with Crippen molar-refractivity contribution in [3.63, 3.8) is 0 Å². The normalized spacial score (nSPS) is 22.5. The second-order valence-corrected chi connectivity index (χ2v) is 7.20. The molecule has 0 saturated carbocycles. The summed E-state index contributed by atoms with van der Waals surface area (Å²) in [5.74, 6) is -4.80. The topological polar surface area (TPSA) is 88.3 Å². The molecule has 30 heavy (non-hydrogen) atoms. The minimum atomic E-state index is -3.60. The highest BCUT2D eigenvalue weighted by atomic mass is 35.5. The minimum absolute atomic E-state index is 0.0370. The first-order chi connectivity index (χ1) is 14.1. The fourth-order valence-electron chi connectivity index (χ4n) is 3.42. The third-order valence-corrected chi connectivity index (χ3v) is 5.20. The predicted molar refractivity (Wildman–Crippen MR) is 102 cm³/mol. The summed E-state index contributed by atoms with van der Waals surface area (Å²) in [6.45, 7) is 0.0517. The lowest BCUT2D eigenvalue weighted by atomic mass is 9.81. The number of nitrogens with zero attached hydrogens (tertiary/aromatic N) is 2. The van der Waals surface area contributed by atoms with Gasteiger partial charge in [0.05, 0.1) is 16.9 Å². The molecule has 3 rings (SSSR count). The summed E-state index contributed by atoms with van der Waals surface area (Å²) in [7, 11) is 0. The van der Waals surface area contributed by atoms with E-state index < -0.39 is 41.9 Å². The molecule has 0 fully saturated rings. The zero-order valence-corrected chi connectivity index (χ0v) is 16.5. The Morgan fingerprint density at radius 1 is 1.37 bits per heavy atom. The van der Waals surface area contributed by atoms with Gasteiger partial charge in [-0.15, -0.1) is 0 Å². The van der Waals surface area contributed by atoms with Gasteiger partial charge in [-0.25, -0.2) is 22.0 Å². The number of aromatic amines is 1. The number of aromatic nitrogens is 2. The highest BCUT2D eigenvalue weighted by Crippen LogP contribution is 2.47. The predicted octanol–water partition coefficient (Wildman–Crippen LogP) is 4.25. The van der Waals surface area contributed by atoms with E-state index in [4.69, 9.17) is 22.1 Å². The van der Waals surface area contributed by atoms with Crippen LogP contribution in [0.15, 0.2) is 29.4 Å². The molecule has 164 valence electrons. The molecule has 0 aliphatic carbocycles. The first-order valence-electron chi connectivity index (χ1n) is 8.94. The van der Waals surface area contributed by atoms with Crippen LogP contribution in [0.2, 0.25) is 5.02 Å². The van der Waals surface area contributed by atoms with Crippen LogP contribution in [-0.4, -0.2) is 41.6 Å². The van der Waals surface area contributed by atoms with E-state index in [2.05, 4.69) is 20.5 Å². The average molecular weight is 452 g/mol. The number of hydrogen-bond acceptors (Lipinski definition) is 5. The molecular formula is C18H19ClF5N5O. The molecule has 0 amide bonds. The zero-order valence-electron chi connectivity index (χ0n) is 15.7. The molecule has 1 aliphatic rings. The molecule has 2 heterocycles. The number of anilines is 1. The van der Waals surface area contributed by atoms with Crippen molar-refractivity contribution >= 4 is 23.1 Å². The Bertz CT molecular complexity index is 937. The number of amidine groups is 1.